The van der Waals surface area contributed by atoms with E-state index in [1.165, 1.54) is 14.7 Å². The SMILES string of the molecule is Cc1cc(NC(=S)NC(=O)c2ccccc2I)cc(C)c1I. The fourth-order valence-electron chi connectivity index (χ4n) is 2.00. The Hall–Kier alpha value is -0.740. The number of thiocarbonyl (C=S) groups is 1. The van der Waals surface area contributed by atoms with Crippen LogP contribution in [-0.2, 0) is 0 Å². The minimum absolute atomic E-state index is 0.207. The van der Waals surface area contributed by atoms with Crippen LogP contribution in [0, 0.1) is 21.0 Å². The van der Waals surface area contributed by atoms with Crippen molar-refractivity contribution in [2.45, 2.75) is 13.8 Å². The molecule has 2 aromatic rings. The van der Waals surface area contributed by atoms with Crippen LogP contribution in [0.25, 0.3) is 0 Å². The van der Waals surface area contributed by atoms with E-state index >= 15 is 0 Å². The van der Waals surface area contributed by atoms with Crippen LogP contribution < -0.4 is 10.6 Å². The van der Waals surface area contributed by atoms with Gasteiger partial charge in [-0.05, 0) is 107 Å². The van der Waals surface area contributed by atoms with Crippen LogP contribution in [-0.4, -0.2) is 11.0 Å². The fourth-order valence-corrected chi connectivity index (χ4v) is 3.15. The average Bonchev–Trinajstić information content (AvgIpc) is 2.44. The number of hydrogen-bond acceptors (Lipinski definition) is 2. The quantitative estimate of drug-likeness (QED) is 0.435. The molecule has 2 aromatic carbocycles. The lowest BCUT2D eigenvalue weighted by molar-refractivity contribution is 0.0977. The van der Waals surface area contributed by atoms with Crippen molar-refractivity contribution in [1.82, 2.24) is 5.32 Å². The molecule has 3 nitrogen and oxygen atoms in total. The molecule has 0 aliphatic rings. The van der Waals surface area contributed by atoms with Crippen LogP contribution in [0.4, 0.5) is 5.69 Å². The van der Waals surface area contributed by atoms with E-state index in [1.807, 2.05) is 44.2 Å². The second-order valence-corrected chi connectivity index (χ2v) is 7.46. The zero-order valence-electron chi connectivity index (χ0n) is 12.0. The maximum atomic E-state index is 12.2. The lowest BCUT2D eigenvalue weighted by atomic mass is 10.1. The molecule has 0 aliphatic heterocycles. The third-order valence-electron chi connectivity index (χ3n) is 3.04. The monoisotopic (exact) mass is 536 g/mol. The Kier molecular flexibility index (Phi) is 6.16. The van der Waals surface area contributed by atoms with E-state index in [-0.39, 0.29) is 5.91 Å². The van der Waals surface area contributed by atoms with Crippen molar-refractivity contribution in [3.8, 4) is 0 Å². The van der Waals surface area contributed by atoms with Gasteiger partial charge in [-0.3, -0.25) is 10.1 Å². The van der Waals surface area contributed by atoms with Gasteiger partial charge < -0.3 is 5.32 Å². The van der Waals surface area contributed by atoms with Gasteiger partial charge in [0.1, 0.15) is 0 Å². The van der Waals surface area contributed by atoms with Gasteiger partial charge >= 0.3 is 0 Å². The highest BCUT2D eigenvalue weighted by Gasteiger charge is 2.11. The Morgan fingerprint density at radius 2 is 1.68 bits per heavy atom. The van der Waals surface area contributed by atoms with E-state index in [0.717, 1.165) is 9.26 Å². The maximum absolute atomic E-state index is 12.2. The summed E-state index contributed by atoms with van der Waals surface area (Å²) in [6.07, 6.45) is 0. The molecule has 0 unspecified atom stereocenters. The predicted molar refractivity (Wildman–Crippen MR) is 111 cm³/mol. The minimum Gasteiger partial charge on any atom is -0.332 e. The number of rotatable bonds is 2. The van der Waals surface area contributed by atoms with E-state index in [2.05, 4.69) is 55.8 Å². The van der Waals surface area contributed by atoms with Gasteiger partial charge in [0.2, 0.25) is 0 Å². The molecule has 2 rings (SSSR count). The third-order valence-corrected chi connectivity index (χ3v) is 5.89. The first-order chi connectivity index (χ1) is 10.4. The van der Waals surface area contributed by atoms with Gasteiger partial charge in [0, 0.05) is 12.8 Å². The van der Waals surface area contributed by atoms with Gasteiger partial charge in [-0.15, -0.1) is 0 Å². The molecule has 0 aliphatic carbocycles. The second kappa shape index (κ2) is 7.69. The Labute approximate surface area is 162 Å². The standard InChI is InChI=1S/C16H14I2N2OS/c1-9-7-11(8-10(2)14(9)18)19-16(22)20-15(21)12-5-3-4-6-13(12)17/h3-8H,1-2H3,(H2,19,20,21,22). The first-order valence-electron chi connectivity index (χ1n) is 6.52. The fraction of sp³-hybridized carbons (Fsp3) is 0.125. The lowest BCUT2D eigenvalue weighted by Gasteiger charge is -2.12. The number of nitrogens with one attached hydrogen (secondary N) is 2. The Bertz CT molecular complexity index is 724. The average molecular weight is 536 g/mol. The zero-order chi connectivity index (χ0) is 16.3. The minimum atomic E-state index is -0.207. The van der Waals surface area contributed by atoms with E-state index < -0.39 is 0 Å². The van der Waals surface area contributed by atoms with Gasteiger partial charge in [-0.1, -0.05) is 12.1 Å². The van der Waals surface area contributed by atoms with E-state index in [1.54, 1.807) is 6.07 Å². The summed E-state index contributed by atoms with van der Waals surface area (Å²) in [5, 5.41) is 6.07. The van der Waals surface area contributed by atoms with Gasteiger partial charge in [0.15, 0.2) is 5.11 Å². The molecule has 0 heterocycles. The van der Waals surface area contributed by atoms with Crippen molar-refractivity contribution >= 4 is 74.1 Å². The summed E-state index contributed by atoms with van der Waals surface area (Å²) in [4.78, 5) is 12.2. The van der Waals surface area contributed by atoms with Crippen molar-refractivity contribution in [3.05, 3.63) is 60.2 Å². The molecule has 22 heavy (non-hydrogen) atoms. The first kappa shape index (κ1) is 17.6. The molecule has 0 fully saturated rings. The molecule has 0 radical (unpaired) electrons. The molecular weight excluding hydrogens is 522 g/mol. The Balaban J connectivity index is 2.08. The lowest BCUT2D eigenvalue weighted by Crippen LogP contribution is -2.34. The number of amides is 1. The van der Waals surface area contributed by atoms with Crippen LogP contribution in [0.5, 0.6) is 0 Å². The summed E-state index contributed by atoms with van der Waals surface area (Å²) in [6.45, 7) is 4.10. The number of aryl methyl sites for hydroxylation is 2. The smallest absolute Gasteiger partial charge is 0.258 e. The van der Waals surface area contributed by atoms with Gasteiger partial charge in [-0.25, -0.2) is 0 Å². The van der Waals surface area contributed by atoms with E-state index in [4.69, 9.17) is 12.2 Å². The molecule has 0 aromatic heterocycles. The molecule has 0 spiro atoms. The van der Waals surface area contributed by atoms with Crippen LogP contribution >= 0.6 is 57.4 Å². The van der Waals surface area contributed by atoms with Crippen molar-refractivity contribution in [2.75, 3.05) is 5.32 Å². The number of hydrogen-bond donors (Lipinski definition) is 2. The van der Waals surface area contributed by atoms with E-state index in [0.29, 0.717) is 10.7 Å². The Morgan fingerprint density at radius 1 is 1.09 bits per heavy atom. The van der Waals surface area contributed by atoms with Crippen molar-refractivity contribution in [1.29, 1.82) is 0 Å². The van der Waals surface area contributed by atoms with Gasteiger partial charge in [0.05, 0.1) is 5.56 Å². The summed E-state index contributed by atoms with van der Waals surface area (Å²) in [5.41, 5.74) is 3.84. The van der Waals surface area contributed by atoms with Crippen LogP contribution in [0.1, 0.15) is 21.5 Å². The van der Waals surface area contributed by atoms with Crippen LogP contribution in [0.15, 0.2) is 36.4 Å². The molecule has 2 N–H and O–H groups in total. The summed E-state index contributed by atoms with van der Waals surface area (Å²) < 4.78 is 2.12. The normalized spacial score (nSPS) is 10.2. The summed E-state index contributed by atoms with van der Waals surface area (Å²) in [5.74, 6) is -0.207. The van der Waals surface area contributed by atoms with Crippen LogP contribution in [0.2, 0.25) is 0 Å². The highest BCUT2D eigenvalue weighted by atomic mass is 127. The molecule has 0 saturated carbocycles. The molecule has 0 saturated heterocycles. The molecule has 114 valence electrons. The summed E-state index contributed by atoms with van der Waals surface area (Å²) >= 11 is 9.68. The maximum Gasteiger partial charge on any atom is 0.258 e. The van der Waals surface area contributed by atoms with Crippen molar-refractivity contribution in [3.63, 3.8) is 0 Å². The molecule has 0 atom stereocenters. The number of anilines is 1. The third kappa shape index (κ3) is 4.39. The molecule has 6 heteroatoms. The van der Waals surface area contributed by atoms with Gasteiger partial charge in [-0.2, -0.15) is 0 Å². The Morgan fingerprint density at radius 3 is 2.27 bits per heavy atom. The highest BCUT2D eigenvalue weighted by Crippen LogP contribution is 2.21. The van der Waals surface area contributed by atoms with Crippen molar-refractivity contribution in [2.24, 2.45) is 0 Å². The number of benzene rings is 2. The van der Waals surface area contributed by atoms with Gasteiger partial charge in [0.25, 0.3) is 5.91 Å². The van der Waals surface area contributed by atoms with Crippen molar-refractivity contribution < 1.29 is 4.79 Å². The van der Waals surface area contributed by atoms with Crippen LogP contribution in [0.3, 0.4) is 0 Å². The van der Waals surface area contributed by atoms with E-state index in [9.17, 15) is 4.79 Å². The summed E-state index contributed by atoms with van der Waals surface area (Å²) in [7, 11) is 0. The highest BCUT2D eigenvalue weighted by molar-refractivity contribution is 14.1. The molecule has 1 amide bonds. The predicted octanol–water partition coefficient (Wildman–Crippen LogP) is 4.64. The largest absolute Gasteiger partial charge is 0.332 e. The summed E-state index contributed by atoms with van der Waals surface area (Å²) in [6, 6.07) is 11.4. The first-order valence-corrected chi connectivity index (χ1v) is 9.08. The number of carbonyl (C=O) groups is 1. The molecule has 0 bridgehead atoms. The number of carbonyl (C=O) groups excluding carboxylic acids is 1. The second-order valence-electron chi connectivity index (χ2n) is 4.81. The number of halogens is 2. The molecular formula is C16H14I2N2OS. The zero-order valence-corrected chi connectivity index (χ0v) is 17.2. The topological polar surface area (TPSA) is 41.1 Å².